The lowest BCUT2D eigenvalue weighted by Crippen LogP contribution is -2.31. The molecule has 0 aliphatic rings. The van der Waals surface area contributed by atoms with Crippen molar-refractivity contribution in [1.29, 1.82) is 0 Å². The number of sulfonamides is 1. The quantitative estimate of drug-likeness (QED) is 0.129. The van der Waals surface area contributed by atoms with Gasteiger partial charge in [-0.1, -0.05) is 70.9 Å². The first-order valence-corrected chi connectivity index (χ1v) is 17.7. The largest absolute Gasteiger partial charge is 0.449 e. The first kappa shape index (κ1) is 34.6. The molecule has 246 valence electrons. The number of rotatable bonds is 15. The number of benzene rings is 2. The van der Waals surface area contributed by atoms with E-state index >= 15 is 0 Å². The Hall–Kier alpha value is -4.25. The molecule has 4 aromatic rings. The van der Waals surface area contributed by atoms with E-state index in [4.69, 9.17) is 14.7 Å². The number of fused-ring (bicyclic) bond motifs is 1. The molecule has 11 heteroatoms. The smallest absolute Gasteiger partial charge is 0.421 e. The predicted molar refractivity (Wildman–Crippen MR) is 181 cm³/mol. The van der Waals surface area contributed by atoms with Crippen molar-refractivity contribution in [2.75, 3.05) is 11.9 Å². The van der Waals surface area contributed by atoms with E-state index in [0.29, 0.717) is 36.2 Å². The number of nitrogens with zero attached hydrogens (tertiary/aromatic N) is 3. The second-order valence-corrected chi connectivity index (χ2v) is 13.2. The fourth-order valence-electron chi connectivity index (χ4n) is 5.33. The van der Waals surface area contributed by atoms with Gasteiger partial charge < -0.3 is 14.6 Å². The molecule has 0 bridgehead atoms. The molecular formula is C35H45N5O5S. The van der Waals surface area contributed by atoms with E-state index in [9.17, 15) is 18.0 Å². The highest BCUT2D eigenvalue weighted by molar-refractivity contribution is 7.90. The van der Waals surface area contributed by atoms with Gasteiger partial charge in [0.15, 0.2) is 5.65 Å². The molecule has 0 aliphatic carbocycles. The molecule has 0 fully saturated rings. The average Bonchev–Trinajstić information content (AvgIpc) is 3.36. The number of aromatic nitrogens is 3. The number of hydrogen-bond donors (Lipinski definition) is 2. The van der Waals surface area contributed by atoms with Crippen LogP contribution in [0.5, 0.6) is 0 Å². The second kappa shape index (κ2) is 15.8. The number of anilines is 1. The molecule has 2 heterocycles. The van der Waals surface area contributed by atoms with Gasteiger partial charge in [0.2, 0.25) is 5.91 Å². The number of hydrogen-bond acceptors (Lipinski definition) is 7. The van der Waals surface area contributed by atoms with Crippen LogP contribution in [-0.2, 0) is 38.9 Å². The molecule has 2 aromatic carbocycles. The average molecular weight is 648 g/mol. The zero-order chi connectivity index (χ0) is 33.3. The fraction of sp³-hybridized carbons (Fsp3) is 0.429. The summed E-state index contributed by atoms with van der Waals surface area (Å²) < 4.78 is 35.9. The molecule has 0 radical (unpaired) electrons. The number of carbonyl (C=O) groups excluding carboxylic acids is 2. The Kier molecular flexibility index (Phi) is 11.9. The van der Waals surface area contributed by atoms with Crippen LogP contribution in [0.25, 0.3) is 22.3 Å². The highest BCUT2D eigenvalue weighted by atomic mass is 32.2. The fourth-order valence-corrected chi connectivity index (χ4v) is 6.43. The highest BCUT2D eigenvalue weighted by Gasteiger charge is 2.23. The second-order valence-electron chi connectivity index (χ2n) is 11.5. The Labute approximate surface area is 272 Å². The van der Waals surface area contributed by atoms with Gasteiger partial charge in [0.05, 0.1) is 29.9 Å². The molecule has 2 amide bonds. The van der Waals surface area contributed by atoms with Crippen LogP contribution in [0, 0.1) is 6.92 Å². The lowest BCUT2D eigenvalue weighted by Gasteiger charge is -2.15. The maximum atomic E-state index is 13.3. The molecule has 2 N–H and O–H groups in total. The topological polar surface area (TPSA) is 132 Å². The third-order valence-corrected chi connectivity index (χ3v) is 9.12. The van der Waals surface area contributed by atoms with Gasteiger partial charge in [-0.05, 0) is 61.4 Å². The number of amides is 2. The summed E-state index contributed by atoms with van der Waals surface area (Å²) >= 11 is 0. The van der Waals surface area contributed by atoms with Crippen LogP contribution < -0.4 is 10.0 Å². The maximum Gasteiger partial charge on any atom is 0.421 e. The van der Waals surface area contributed by atoms with Crippen molar-refractivity contribution in [3.8, 4) is 11.1 Å². The van der Waals surface area contributed by atoms with Crippen LogP contribution in [0.2, 0.25) is 0 Å². The van der Waals surface area contributed by atoms with E-state index < -0.39 is 16.1 Å². The standard InChI is InChI=1S/C35H45N5O5S/c1-6-10-20-45-35(42)39-46(43,44)30-19-16-25(11-7-2)21-28(30)27-17-14-26(15-18-27)23-40-31(12-8-3)38-33-24(5)29(22-36-34(33)40)37-32(41)13-9-4/h14-19,21-22H,6-13,20,23H2,1-5H3,(H,37,41)(H,39,42). The monoisotopic (exact) mass is 647 g/mol. The van der Waals surface area contributed by atoms with Crippen LogP contribution in [-0.4, -0.2) is 41.6 Å². The van der Waals surface area contributed by atoms with Gasteiger partial charge in [-0.25, -0.2) is 27.9 Å². The van der Waals surface area contributed by atoms with Crippen molar-refractivity contribution in [1.82, 2.24) is 19.3 Å². The van der Waals surface area contributed by atoms with Crippen molar-refractivity contribution < 1.29 is 22.7 Å². The van der Waals surface area contributed by atoms with E-state index in [1.165, 1.54) is 0 Å². The van der Waals surface area contributed by atoms with Gasteiger partial charge in [0, 0.05) is 24.0 Å². The van der Waals surface area contributed by atoms with E-state index in [-0.39, 0.29) is 17.4 Å². The summed E-state index contributed by atoms with van der Waals surface area (Å²) in [5.41, 5.74) is 6.29. The minimum atomic E-state index is -4.18. The predicted octanol–water partition coefficient (Wildman–Crippen LogP) is 7.31. The third kappa shape index (κ3) is 8.31. The van der Waals surface area contributed by atoms with E-state index in [1.54, 1.807) is 18.3 Å². The number of nitrogens with one attached hydrogen (secondary N) is 2. The summed E-state index contributed by atoms with van der Waals surface area (Å²) in [5, 5.41) is 2.96. The number of imidazole rings is 1. The Morgan fingerprint density at radius 3 is 2.30 bits per heavy atom. The van der Waals surface area contributed by atoms with Crippen molar-refractivity contribution in [2.45, 2.75) is 97.4 Å². The Balaban J connectivity index is 1.66. The first-order valence-electron chi connectivity index (χ1n) is 16.2. The molecule has 0 aliphatic heterocycles. The number of pyridine rings is 1. The molecular weight excluding hydrogens is 602 g/mol. The van der Waals surface area contributed by atoms with Crippen LogP contribution >= 0.6 is 0 Å². The van der Waals surface area contributed by atoms with Gasteiger partial charge >= 0.3 is 6.09 Å². The number of ether oxygens (including phenoxy) is 1. The number of carbonyl (C=O) groups is 2. The molecule has 0 saturated heterocycles. The van der Waals surface area contributed by atoms with Crippen LogP contribution in [0.15, 0.2) is 53.6 Å². The van der Waals surface area contributed by atoms with Gasteiger partial charge in [-0.3, -0.25) is 4.79 Å². The van der Waals surface area contributed by atoms with Crippen molar-refractivity contribution >= 4 is 38.9 Å². The lowest BCUT2D eigenvalue weighted by atomic mass is 10.00. The molecule has 4 rings (SSSR count). The Morgan fingerprint density at radius 2 is 1.63 bits per heavy atom. The van der Waals surface area contributed by atoms with E-state index in [2.05, 4.69) is 28.5 Å². The molecule has 0 saturated carbocycles. The third-order valence-electron chi connectivity index (χ3n) is 7.75. The number of unbranched alkanes of at least 4 members (excludes halogenated alkanes) is 1. The zero-order valence-electron chi connectivity index (χ0n) is 27.5. The van der Waals surface area contributed by atoms with Crippen molar-refractivity contribution in [3.63, 3.8) is 0 Å². The Morgan fingerprint density at radius 1 is 0.913 bits per heavy atom. The molecule has 0 spiro atoms. The van der Waals surface area contributed by atoms with Crippen molar-refractivity contribution in [3.05, 3.63) is 71.2 Å². The van der Waals surface area contributed by atoms with Gasteiger partial charge in [0.25, 0.3) is 10.0 Å². The highest BCUT2D eigenvalue weighted by Crippen LogP contribution is 2.31. The number of aryl methyl sites for hydroxylation is 3. The normalized spacial score (nSPS) is 11.5. The van der Waals surface area contributed by atoms with E-state index in [0.717, 1.165) is 72.2 Å². The van der Waals surface area contributed by atoms with Crippen molar-refractivity contribution in [2.24, 2.45) is 0 Å². The summed E-state index contributed by atoms with van der Waals surface area (Å²) in [5.74, 6) is 0.866. The van der Waals surface area contributed by atoms with Crippen LogP contribution in [0.4, 0.5) is 10.5 Å². The molecule has 46 heavy (non-hydrogen) atoms. The summed E-state index contributed by atoms with van der Waals surface area (Å²) in [6.07, 6.45) is 6.78. The SMILES string of the molecule is CCCCOC(=O)NS(=O)(=O)c1ccc(CCC)cc1-c1ccc(Cn2c(CCC)nc3c(C)c(NC(=O)CCC)cnc32)cc1. The minimum absolute atomic E-state index is 0.0138. The summed E-state index contributed by atoms with van der Waals surface area (Å²) in [4.78, 5) is 34.2. The maximum absolute atomic E-state index is 13.3. The molecule has 2 aromatic heterocycles. The van der Waals surface area contributed by atoms with Gasteiger partial charge in [-0.15, -0.1) is 0 Å². The molecule has 0 unspecified atom stereocenters. The van der Waals surface area contributed by atoms with Crippen LogP contribution in [0.3, 0.4) is 0 Å². The Bertz CT molecular complexity index is 1780. The first-order chi connectivity index (χ1) is 22.1. The summed E-state index contributed by atoms with van der Waals surface area (Å²) in [6, 6.07) is 13.0. The molecule has 10 nitrogen and oxygen atoms in total. The van der Waals surface area contributed by atoms with Gasteiger partial charge in [0.1, 0.15) is 11.3 Å². The minimum Gasteiger partial charge on any atom is -0.449 e. The lowest BCUT2D eigenvalue weighted by molar-refractivity contribution is -0.116. The van der Waals surface area contributed by atoms with Gasteiger partial charge in [-0.2, -0.15) is 0 Å². The van der Waals surface area contributed by atoms with Crippen LogP contribution in [0.1, 0.15) is 88.7 Å². The molecule has 0 atom stereocenters. The summed E-state index contributed by atoms with van der Waals surface area (Å²) in [7, 11) is -4.18. The van der Waals surface area contributed by atoms with E-state index in [1.807, 2.05) is 51.1 Å². The summed E-state index contributed by atoms with van der Waals surface area (Å²) in [6.45, 7) is 10.7. The zero-order valence-corrected chi connectivity index (χ0v) is 28.3.